The maximum Gasteiger partial charge on any atom is 0.191 e. The third kappa shape index (κ3) is 6.60. The van der Waals surface area contributed by atoms with E-state index in [9.17, 15) is 4.39 Å². The normalized spacial score (nSPS) is 10.9. The van der Waals surface area contributed by atoms with Gasteiger partial charge in [0, 0.05) is 33.1 Å². The summed E-state index contributed by atoms with van der Waals surface area (Å²) in [6.45, 7) is 1.35. The van der Waals surface area contributed by atoms with Gasteiger partial charge in [-0.3, -0.25) is 4.99 Å². The molecule has 0 aliphatic heterocycles. The molecule has 0 saturated heterocycles. The van der Waals surface area contributed by atoms with Gasteiger partial charge in [0.05, 0.1) is 12.2 Å². The van der Waals surface area contributed by atoms with Crippen molar-refractivity contribution in [2.45, 2.75) is 13.0 Å². The van der Waals surface area contributed by atoms with Crippen molar-refractivity contribution in [1.82, 2.24) is 15.6 Å². The van der Waals surface area contributed by atoms with E-state index in [-0.39, 0.29) is 29.8 Å². The number of halogens is 2. The highest BCUT2D eigenvalue weighted by atomic mass is 127. The average Bonchev–Trinajstić information content (AvgIpc) is 3.01. The molecule has 1 aromatic carbocycles. The zero-order valence-electron chi connectivity index (χ0n) is 14.0. The van der Waals surface area contributed by atoms with Crippen LogP contribution >= 0.6 is 35.3 Å². The summed E-state index contributed by atoms with van der Waals surface area (Å²) in [4.78, 5) is 10.7. The first-order chi connectivity index (χ1) is 11.1. The van der Waals surface area contributed by atoms with E-state index in [1.54, 1.807) is 30.5 Å². The van der Waals surface area contributed by atoms with E-state index in [4.69, 9.17) is 0 Å². The Morgan fingerprint density at radius 2 is 1.96 bits per heavy atom. The number of thiazole rings is 1. The predicted octanol–water partition coefficient (Wildman–Crippen LogP) is 2.87. The molecular formula is C16H23FIN5S. The molecule has 2 aromatic rings. The van der Waals surface area contributed by atoms with Gasteiger partial charge in [-0.15, -0.1) is 35.3 Å². The highest BCUT2D eigenvalue weighted by Gasteiger charge is 2.04. The summed E-state index contributed by atoms with van der Waals surface area (Å²) in [5.74, 6) is 0.519. The van der Waals surface area contributed by atoms with Gasteiger partial charge in [0.1, 0.15) is 5.82 Å². The van der Waals surface area contributed by atoms with Gasteiger partial charge in [-0.25, -0.2) is 9.37 Å². The van der Waals surface area contributed by atoms with Crippen LogP contribution < -0.4 is 15.5 Å². The number of aliphatic imine (C=N–C) groups is 1. The standard InChI is InChI=1S/C16H22FN5S.HI/c1-18-15(19-9-8-12-4-6-13(17)7-5-12)20-10-14-11-23-16(21-14)22(2)3;/h4-7,11H,8-10H2,1-3H3,(H2,18,19,20);1H. The minimum Gasteiger partial charge on any atom is -0.356 e. The average molecular weight is 463 g/mol. The van der Waals surface area contributed by atoms with Gasteiger partial charge in [-0.1, -0.05) is 12.1 Å². The smallest absolute Gasteiger partial charge is 0.191 e. The topological polar surface area (TPSA) is 52.6 Å². The summed E-state index contributed by atoms with van der Waals surface area (Å²) >= 11 is 1.62. The van der Waals surface area contributed by atoms with Crippen molar-refractivity contribution in [2.24, 2.45) is 4.99 Å². The molecule has 0 unspecified atom stereocenters. The fourth-order valence-corrected chi connectivity index (χ4v) is 2.71. The number of aromatic nitrogens is 1. The van der Waals surface area contributed by atoms with Crippen molar-refractivity contribution in [3.8, 4) is 0 Å². The van der Waals surface area contributed by atoms with Crippen LogP contribution in [-0.2, 0) is 13.0 Å². The van der Waals surface area contributed by atoms with Crippen molar-refractivity contribution in [3.63, 3.8) is 0 Å². The molecule has 5 nitrogen and oxygen atoms in total. The van der Waals surface area contributed by atoms with Crippen LogP contribution in [0, 0.1) is 5.82 Å². The van der Waals surface area contributed by atoms with Crippen LogP contribution in [0.3, 0.4) is 0 Å². The zero-order chi connectivity index (χ0) is 16.7. The second-order valence-electron chi connectivity index (χ2n) is 5.24. The second-order valence-corrected chi connectivity index (χ2v) is 6.08. The monoisotopic (exact) mass is 463 g/mol. The van der Waals surface area contributed by atoms with E-state index in [0.717, 1.165) is 35.3 Å². The Hall–Kier alpha value is -1.42. The lowest BCUT2D eigenvalue weighted by atomic mass is 10.1. The molecular weight excluding hydrogens is 440 g/mol. The highest BCUT2D eigenvalue weighted by Crippen LogP contribution is 2.17. The number of benzene rings is 1. The lowest BCUT2D eigenvalue weighted by Crippen LogP contribution is -2.37. The van der Waals surface area contributed by atoms with Crippen LogP contribution in [0.1, 0.15) is 11.3 Å². The highest BCUT2D eigenvalue weighted by molar-refractivity contribution is 14.0. The molecule has 0 fully saturated rings. The van der Waals surface area contributed by atoms with Gasteiger partial charge in [-0.2, -0.15) is 0 Å². The van der Waals surface area contributed by atoms with E-state index in [2.05, 4.69) is 20.6 Å². The molecule has 0 amide bonds. The van der Waals surface area contributed by atoms with Crippen LogP contribution in [0.15, 0.2) is 34.6 Å². The van der Waals surface area contributed by atoms with Gasteiger partial charge in [0.15, 0.2) is 11.1 Å². The molecule has 0 aliphatic carbocycles. The molecule has 0 radical (unpaired) electrons. The van der Waals surface area contributed by atoms with Crippen molar-refractivity contribution in [1.29, 1.82) is 0 Å². The molecule has 132 valence electrons. The fourth-order valence-electron chi connectivity index (χ4n) is 1.95. The molecule has 1 aromatic heterocycles. The molecule has 2 N–H and O–H groups in total. The van der Waals surface area contributed by atoms with Crippen LogP contribution in [-0.4, -0.2) is 38.6 Å². The zero-order valence-corrected chi connectivity index (χ0v) is 17.2. The first-order valence-electron chi connectivity index (χ1n) is 7.39. The number of anilines is 1. The third-order valence-electron chi connectivity index (χ3n) is 3.20. The lowest BCUT2D eigenvalue weighted by Gasteiger charge is -2.11. The summed E-state index contributed by atoms with van der Waals surface area (Å²) in [6.07, 6.45) is 0.808. The first-order valence-corrected chi connectivity index (χ1v) is 8.27. The fraction of sp³-hybridized carbons (Fsp3) is 0.375. The van der Waals surface area contributed by atoms with Crippen molar-refractivity contribution in [3.05, 3.63) is 46.7 Å². The minimum atomic E-state index is -0.209. The van der Waals surface area contributed by atoms with Gasteiger partial charge >= 0.3 is 0 Å². The molecule has 0 aliphatic rings. The Morgan fingerprint density at radius 1 is 1.25 bits per heavy atom. The number of nitrogens with zero attached hydrogens (tertiary/aromatic N) is 3. The Balaban J connectivity index is 0.00000288. The molecule has 2 rings (SSSR count). The molecule has 0 saturated carbocycles. The summed E-state index contributed by atoms with van der Waals surface area (Å²) in [7, 11) is 5.69. The molecule has 1 heterocycles. The molecule has 0 atom stereocenters. The van der Waals surface area contributed by atoms with Crippen LogP contribution in [0.2, 0.25) is 0 Å². The number of nitrogens with one attached hydrogen (secondary N) is 2. The summed E-state index contributed by atoms with van der Waals surface area (Å²) < 4.78 is 12.9. The molecule has 0 spiro atoms. The molecule has 24 heavy (non-hydrogen) atoms. The summed E-state index contributed by atoms with van der Waals surface area (Å²) in [5, 5.41) is 9.50. The van der Waals surface area contributed by atoms with E-state index < -0.39 is 0 Å². The number of rotatable bonds is 6. The predicted molar refractivity (Wildman–Crippen MR) is 110 cm³/mol. The number of hydrogen-bond acceptors (Lipinski definition) is 4. The largest absolute Gasteiger partial charge is 0.356 e. The SMILES string of the molecule is CN=C(NCCc1ccc(F)cc1)NCc1csc(N(C)C)n1.I. The van der Waals surface area contributed by atoms with E-state index in [1.165, 1.54) is 12.1 Å². The third-order valence-corrected chi connectivity index (χ3v) is 4.26. The molecule has 0 bridgehead atoms. The van der Waals surface area contributed by atoms with Crippen LogP contribution in [0.4, 0.5) is 9.52 Å². The summed E-state index contributed by atoms with van der Waals surface area (Å²) in [5.41, 5.74) is 2.07. The van der Waals surface area contributed by atoms with Crippen LogP contribution in [0.25, 0.3) is 0 Å². The maximum absolute atomic E-state index is 12.9. The van der Waals surface area contributed by atoms with Crippen molar-refractivity contribution < 1.29 is 4.39 Å². The lowest BCUT2D eigenvalue weighted by molar-refractivity contribution is 0.626. The van der Waals surface area contributed by atoms with Gasteiger partial charge in [0.25, 0.3) is 0 Å². The number of hydrogen-bond donors (Lipinski definition) is 2. The van der Waals surface area contributed by atoms with E-state index in [0.29, 0.717) is 6.54 Å². The quantitative estimate of drug-likeness (QED) is 0.393. The van der Waals surface area contributed by atoms with Crippen LogP contribution in [0.5, 0.6) is 0 Å². The second kappa shape index (κ2) is 10.4. The minimum absolute atomic E-state index is 0. The van der Waals surface area contributed by atoms with Gasteiger partial charge < -0.3 is 15.5 Å². The van der Waals surface area contributed by atoms with Gasteiger partial charge in [0.2, 0.25) is 0 Å². The Morgan fingerprint density at radius 3 is 2.54 bits per heavy atom. The first kappa shape index (κ1) is 20.6. The van der Waals surface area contributed by atoms with E-state index in [1.807, 2.05) is 24.4 Å². The Kier molecular flexibility index (Phi) is 8.98. The van der Waals surface area contributed by atoms with E-state index >= 15 is 0 Å². The van der Waals surface area contributed by atoms with Crippen molar-refractivity contribution in [2.75, 3.05) is 32.6 Å². The van der Waals surface area contributed by atoms with Crippen molar-refractivity contribution >= 4 is 46.4 Å². The number of guanidine groups is 1. The Bertz CT molecular complexity index is 642. The van der Waals surface area contributed by atoms with Gasteiger partial charge in [-0.05, 0) is 24.1 Å². The maximum atomic E-state index is 12.9. The molecule has 8 heteroatoms. The summed E-state index contributed by atoms with van der Waals surface area (Å²) in [6, 6.07) is 6.55. The Labute approximate surface area is 163 Å².